The van der Waals surface area contributed by atoms with E-state index in [2.05, 4.69) is 25.3 Å². The summed E-state index contributed by atoms with van der Waals surface area (Å²) in [5.74, 6) is -0.647. The molecule has 2 aromatic carbocycles. The Morgan fingerprint density at radius 3 is 2.62 bits per heavy atom. The Bertz CT molecular complexity index is 1550. The minimum Gasteiger partial charge on any atom is -0.489 e. The Kier molecular flexibility index (Phi) is 6.22. The molecule has 1 unspecified atom stereocenters. The van der Waals surface area contributed by atoms with Crippen molar-refractivity contribution < 1.29 is 18.7 Å². The van der Waals surface area contributed by atoms with Gasteiger partial charge in [-0.1, -0.05) is 30.3 Å². The van der Waals surface area contributed by atoms with E-state index in [0.717, 1.165) is 29.1 Å². The first-order chi connectivity index (χ1) is 18.9. The SMILES string of the molecule is Cc1cc(-c2ccccc2)c(C(=O)C(=O)Nc2ccc3c(c2)OCC2CN(c4ccc(F)nn4)CCN32)n1C. The summed E-state index contributed by atoms with van der Waals surface area (Å²) in [5, 5.41) is 10.2. The van der Waals surface area contributed by atoms with Gasteiger partial charge >= 0.3 is 0 Å². The highest BCUT2D eigenvalue weighted by Crippen LogP contribution is 2.38. The zero-order valence-corrected chi connectivity index (χ0v) is 21.6. The van der Waals surface area contributed by atoms with Crippen molar-refractivity contribution in [1.82, 2.24) is 14.8 Å². The van der Waals surface area contributed by atoms with Crippen LogP contribution in [0.2, 0.25) is 0 Å². The number of hydrogen-bond donors (Lipinski definition) is 1. The van der Waals surface area contributed by atoms with Gasteiger partial charge in [-0.15, -0.1) is 10.2 Å². The third-order valence-electron chi connectivity index (χ3n) is 7.36. The van der Waals surface area contributed by atoms with E-state index in [0.29, 0.717) is 42.6 Å². The van der Waals surface area contributed by atoms with Crippen LogP contribution in [0.15, 0.2) is 66.7 Å². The highest BCUT2D eigenvalue weighted by atomic mass is 19.1. The Morgan fingerprint density at radius 2 is 1.85 bits per heavy atom. The maximum absolute atomic E-state index is 13.3. The first kappa shape index (κ1) is 24.6. The van der Waals surface area contributed by atoms with Crippen LogP contribution in [-0.4, -0.2) is 58.7 Å². The molecule has 2 aromatic heterocycles. The maximum atomic E-state index is 13.3. The lowest BCUT2D eigenvalue weighted by Crippen LogP contribution is -2.57. The first-order valence-electron chi connectivity index (χ1n) is 12.7. The van der Waals surface area contributed by atoms with Crippen molar-refractivity contribution in [2.45, 2.75) is 13.0 Å². The number of carbonyl (C=O) groups excluding carboxylic acids is 2. The summed E-state index contributed by atoms with van der Waals surface area (Å²) in [6.45, 7) is 4.43. The molecule has 2 aliphatic rings. The summed E-state index contributed by atoms with van der Waals surface area (Å²) in [6.07, 6.45) is 0. The van der Waals surface area contributed by atoms with Gasteiger partial charge in [0, 0.05) is 49.7 Å². The number of halogens is 1. The van der Waals surface area contributed by atoms with E-state index in [-0.39, 0.29) is 6.04 Å². The number of Topliss-reactive ketones (excluding diaryl/α,β-unsaturated/α-hetero) is 1. The van der Waals surface area contributed by atoms with E-state index in [1.165, 1.54) is 6.07 Å². The zero-order valence-electron chi connectivity index (χ0n) is 21.6. The van der Waals surface area contributed by atoms with Gasteiger partial charge < -0.3 is 24.4 Å². The van der Waals surface area contributed by atoms with Crippen molar-refractivity contribution in [1.29, 1.82) is 0 Å². The second-order valence-electron chi connectivity index (χ2n) is 9.76. The predicted molar refractivity (Wildman–Crippen MR) is 146 cm³/mol. The number of piperazine rings is 1. The number of aryl methyl sites for hydroxylation is 1. The molecule has 1 atom stereocenters. The number of rotatable bonds is 5. The maximum Gasteiger partial charge on any atom is 0.298 e. The number of benzene rings is 2. The van der Waals surface area contributed by atoms with E-state index < -0.39 is 17.6 Å². The number of ketones is 1. The number of nitrogens with one attached hydrogen (secondary N) is 1. The number of ether oxygens (including phenoxy) is 1. The molecule has 1 saturated heterocycles. The quantitative estimate of drug-likeness (QED) is 0.312. The third-order valence-corrected chi connectivity index (χ3v) is 7.36. The Balaban J connectivity index is 1.18. The fourth-order valence-electron chi connectivity index (χ4n) is 5.27. The Morgan fingerprint density at radius 1 is 1.03 bits per heavy atom. The molecule has 0 aliphatic carbocycles. The van der Waals surface area contributed by atoms with Gasteiger partial charge in [-0.2, -0.15) is 4.39 Å². The van der Waals surface area contributed by atoms with Crippen LogP contribution in [-0.2, 0) is 11.8 Å². The van der Waals surface area contributed by atoms with Crippen LogP contribution in [0, 0.1) is 12.9 Å². The molecule has 9 nitrogen and oxygen atoms in total. The third kappa shape index (κ3) is 4.58. The van der Waals surface area contributed by atoms with Crippen molar-refractivity contribution in [3.05, 3.63) is 84.1 Å². The molecule has 0 bridgehead atoms. The van der Waals surface area contributed by atoms with Gasteiger partial charge in [-0.25, -0.2) is 0 Å². The van der Waals surface area contributed by atoms with Crippen molar-refractivity contribution in [2.24, 2.45) is 7.05 Å². The van der Waals surface area contributed by atoms with Crippen molar-refractivity contribution in [2.75, 3.05) is 41.4 Å². The van der Waals surface area contributed by atoms with Gasteiger partial charge in [-0.05, 0) is 42.8 Å². The lowest BCUT2D eigenvalue weighted by atomic mass is 10.0. The number of anilines is 3. The van der Waals surface area contributed by atoms with Crippen molar-refractivity contribution in [3.63, 3.8) is 0 Å². The van der Waals surface area contributed by atoms with Gasteiger partial charge in [-0.3, -0.25) is 9.59 Å². The molecular formula is C29H27FN6O3. The van der Waals surface area contributed by atoms with Crippen LogP contribution < -0.4 is 19.9 Å². The average molecular weight is 527 g/mol. The molecule has 1 amide bonds. The number of fused-ring (bicyclic) bond motifs is 3. The van der Waals surface area contributed by atoms with Gasteiger partial charge in [0.25, 0.3) is 11.7 Å². The molecule has 4 heterocycles. The highest BCUT2D eigenvalue weighted by Gasteiger charge is 2.34. The largest absolute Gasteiger partial charge is 0.489 e. The van der Waals surface area contributed by atoms with Crippen LogP contribution in [0.25, 0.3) is 11.1 Å². The van der Waals surface area contributed by atoms with Crippen LogP contribution in [0.1, 0.15) is 16.2 Å². The molecule has 1 N–H and O–H groups in total. The molecule has 6 rings (SSSR count). The number of hydrogen-bond acceptors (Lipinski definition) is 7. The second-order valence-corrected chi connectivity index (χ2v) is 9.76. The minimum atomic E-state index is -0.712. The van der Waals surface area contributed by atoms with E-state index >= 15 is 0 Å². The normalized spacial score (nSPS) is 16.2. The average Bonchev–Trinajstić information content (AvgIpc) is 3.26. The standard InChI is InChI=1S/C29H27FN6O3/c1-18-14-22(19-6-4-3-5-7-19)27(34(18)2)28(37)29(38)31-20-8-9-23-24(15-20)39-17-21-16-35(12-13-36(21)23)26-11-10-25(30)32-33-26/h3-11,14-15,21H,12-13,16-17H2,1-2H3,(H,31,38). The van der Waals surface area contributed by atoms with Crippen LogP contribution in [0.5, 0.6) is 5.75 Å². The van der Waals surface area contributed by atoms with E-state index in [4.69, 9.17) is 4.74 Å². The van der Waals surface area contributed by atoms with Gasteiger partial charge in [0.1, 0.15) is 18.1 Å². The Hall–Kier alpha value is -4.73. The molecule has 0 spiro atoms. The van der Waals surface area contributed by atoms with Crippen LogP contribution >= 0.6 is 0 Å². The fraction of sp³-hybridized carbons (Fsp3) is 0.241. The molecule has 39 heavy (non-hydrogen) atoms. The summed E-state index contributed by atoms with van der Waals surface area (Å²) in [4.78, 5) is 30.7. The number of aromatic nitrogens is 3. The molecule has 198 valence electrons. The van der Waals surface area contributed by atoms with Gasteiger partial charge in [0.2, 0.25) is 5.95 Å². The van der Waals surface area contributed by atoms with Gasteiger partial charge in [0.15, 0.2) is 5.82 Å². The zero-order chi connectivity index (χ0) is 27.1. The summed E-state index contributed by atoms with van der Waals surface area (Å²) in [5.41, 5.74) is 4.23. The van der Waals surface area contributed by atoms with Crippen molar-refractivity contribution in [3.8, 4) is 16.9 Å². The molecule has 2 aliphatic heterocycles. The summed E-state index contributed by atoms with van der Waals surface area (Å²) < 4.78 is 21.0. The number of nitrogens with zero attached hydrogens (tertiary/aromatic N) is 5. The molecular weight excluding hydrogens is 499 g/mol. The number of amides is 1. The first-order valence-corrected chi connectivity index (χ1v) is 12.7. The summed E-state index contributed by atoms with van der Waals surface area (Å²) in [7, 11) is 1.79. The second kappa shape index (κ2) is 9.86. The molecule has 10 heteroatoms. The molecule has 0 radical (unpaired) electrons. The van der Waals surface area contributed by atoms with Crippen molar-refractivity contribution >= 4 is 28.9 Å². The molecule has 4 aromatic rings. The van der Waals surface area contributed by atoms with E-state index in [9.17, 15) is 14.0 Å². The lowest BCUT2D eigenvalue weighted by molar-refractivity contribution is -0.112. The molecule has 1 fully saturated rings. The molecule has 0 saturated carbocycles. The topological polar surface area (TPSA) is 92.6 Å². The summed E-state index contributed by atoms with van der Waals surface area (Å²) >= 11 is 0. The smallest absolute Gasteiger partial charge is 0.298 e. The van der Waals surface area contributed by atoms with E-state index in [1.807, 2.05) is 49.4 Å². The van der Waals surface area contributed by atoms with Crippen LogP contribution in [0.4, 0.5) is 21.6 Å². The highest BCUT2D eigenvalue weighted by molar-refractivity contribution is 6.47. The predicted octanol–water partition coefficient (Wildman–Crippen LogP) is 3.84. The number of carbonyl (C=O) groups is 2. The Labute approximate surface area is 224 Å². The van der Waals surface area contributed by atoms with Gasteiger partial charge in [0.05, 0.1) is 11.7 Å². The fourth-order valence-corrected chi connectivity index (χ4v) is 5.27. The minimum absolute atomic E-state index is 0.0807. The lowest BCUT2D eigenvalue weighted by Gasteiger charge is -2.45. The monoisotopic (exact) mass is 526 g/mol. The van der Waals surface area contributed by atoms with Crippen LogP contribution in [0.3, 0.4) is 0 Å². The van der Waals surface area contributed by atoms with E-state index in [1.54, 1.807) is 29.8 Å². The summed E-state index contributed by atoms with van der Waals surface area (Å²) in [6, 6.07) is 19.9.